The molecule has 0 saturated carbocycles. The van der Waals surface area contributed by atoms with Crippen LogP contribution in [0.2, 0.25) is 0 Å². The van der Waals surface area contributed by atoms with Gasteiger partial charge in [-0.2, -0.15) is 0 Å². The molecule has 54 valence electrons. The van der Waals surface area contributed by atoms with E-state index in [9.17, 15) is 0 Å². The lowest BCUT2D eigenvalue weighted by atomic mass is 10.3. The van der Waals surface area contributed by atoms with Crippen molar-refractivity contribution >= 4 is 23.2 Å². The summed E-state index contributed by atoms with van der Waals surface area (Å²) in [6.07, 6.45) is 0. The predicted octanol–water partition coefficient (Wildman–Crippen LogP) is 1.21. The second kappa shape index (κ2) is 3.62. The van der Waals surface area contributed by atoms with Gasteiger partial charge in [-0.15, -0.1) is 23.2 Å². The summed E-state index contributed by atoms with van der Waals surface area (Å²) in [5, 5.41) is -0.233. The Bertz CT molecular complexity index is 79.0. The molecular weight excluding hydrogens is 163 g/mol. The van der Waals surface area contributed by atoms with Crippen LogP contribution in [0.15, 0.2) is 0 Å². The number of ether oxygens (including phenoxy) is 2. The highest BCUT2D eigenvalue weighted by molar-refractivity contribution is 6.30. The molecule has 0 bridgehead atoms. The molecule has 1 heterocycles. The molecule has 4 heteroatoms. The summed E-state index contributed by atoms with van der Waals surface area (Å²) in [5.74, 6) is 0. The molecule has 0 spiro atoms. The van der Waals surface area contributed by atoms with Gasteiger partial charge in [-0.25, -0.2) is 0 Å². The lowest BCUT2D eigenvalue weighted by Gasteiger charge is -2.07. The van der Waals surface area contributed by atoms with E-state index >= 15 is 0 Å². The minimum atomic E-state index is -0.117. The van der Waals surface area contributed by atoms with Crippen LogP contribution in [0, 0.1) is 0 Å². The molecule has 0 radical (unpaired) electrons. The van der Waals surface area contributed by atoms with Crippen molar-refractivity contribution in [2.75, 3.05) is 20.0 Å². The molecule has 0 amide bonds. The van der Waals surface area contributed by atoms with Crippen LogP contribution in [-0.4, -0.2) is 30.8 Å². The number of halogens is 2. The largest absolute Gasteiger partial charge is 0.354 e. The van der Waals surface area contributed by atoms with Gasteiger partial charge in [0, 0.05) is 0 Å². The monoisotopic (exact) mass is 170 g/mol. The number of hydrogen-bond donors (Lipinski definition) is 0. The Morgan fingerprint density at radius 3 is 1.89 bits per heavy atom. The fraction of sp³-hybridized carbons (Fsp3) is 1.00. The van der Waals surface area contributed by atoms with Gasteiger partial charge in [0.05, 0.1) is 24.0 Å². The molecule has 2 nitrogen and oxygen atoms in total. The maximum absolute atomic E-state index is 5.73. The Morgan fingerprint density at radius 2 is 1.44 bits per heavy atom. The van der Waals surface area contributed by atoms with E-state index in [0.717, 1.165) is 0 Å². The smallest absolute Gasteiger partial charge is 0.146 e. The molecule has 2 unspecified atom stereocenters. The van der Waals surface area contributed by atoms with Gasteiger partial charge < -0.3 is 9.47 Å². The van der Waals surface area contributed by atoms with Crippen molar-refractivity contribution in [3.8, 4) is 0 Å². The molecule has 1 rings (SSSR count). The molecule has 1 aliphatic heterocycles. The highest BCUT2D eigenvalue weighted by atomic mass is 35.5. The summed E-state index contributed by atoms with van der Waals surface area (Å²) in [5.41, 5.74) is 0. The average molecular weight is 171 g/mol. The molecule has 0 aromatic carbocycles. The molecule has 2 atom stereocenters. The van der Waals surface area contributed by atoms with Crippen molar-refractivity contribution in [1.29, 1.82) is 0 Å². The zero-order valence-electron chi connectivity index (χ0n) is 4.85. The van der Waals surface area contributed by atoms with Crippen molar-refractivity contribution in [1.82, 2.24) is 0 Å². The van der Waals surface area contributed by atoms with Crippen molar-refractivity contribution < 1.29 is 9.47 Å². The van der Waals surface area contributed by atoms with Crippen LogP contribution in [0.3, 0.4) is 0 Å². The van der Waals surface area contributed by atoms with Gasteiger partial charge in [0.15, 0.2) is 0 Å². The predicted molar refractivity (Wildman–Crippen MR) is 36.1 cm³/mol. The first-order valence-corrected chi connectivity index (χ1v) is 3.61. The minimum Gasteiger partial charge on any atom is -0.354 e. The maximum Gasteiger partial charge on any atom is 0.146 e. The second-order valence-electron chi connectivity index (χ2n) is 1.89. The van der Waals surface area contributed by atoms with Crippen LogP contribution in [0.5, 0.6) is 0 Å². The van der Waals surface area contributed by atoms with E-state index in [2.05, 4.69) is 0 Å². The Kier molecular flexibility index (Phi) is 3.06. The molecule has 1 fully saturated rings. The lowest BCUT2D eigenvalue weighted by Crippen LogP contribution is -2.20. The van der Waals surface area contributed by atoms with Crippen LogP contribution in [0.4, 0.5) is 0 Å². The highest BCUT2D eigenvalue weighted by Gasteiger charge is 2.19. The first kappa shape index (κ1) is 7.61. The normalized spacial score (nSPS) is 38.0. The van der Waals surface area contributed by atoms with Crippen molar-refractivity contribution in [2.45, 2.75) is 10.8 Å². The van der Waals surface area contributed by atoms with Gasteiger partial charge in [0.1, 0.15) is 6.79 Å². The minimum absolute atomic E-state index is 0.117. The Hall–Kier alpha value is 0.500. The Labute approximate surface area is 64.0 Å². The molecular formula is C5H8Cl2O2. The van der Waals surface area contributed by atoms with Crippen LogP contribution >= 0.6 is 23.2 Å². The maximum atomic E-state index is 5.73. The first-order chi connectivity index (χ1) is 4.30. The summed E-state index contributed by atoms with van der Waals surface area (Å²) in [6, 6.07) is 0. The summed E-state index contributed by atoms with van der Waals surface area (Å²) in [6.45, 7) is 1.28. The lowest BCUT2D eigenvalue weighted by molar-refractivity contribution is -0.0313. The Balaban J connectivity index is 2.32. The van der Waals surface area contributed by atoms with Crippen molar-refractivity contribution in [3.05, 3.63) is 0 Å². The van der Waals surface area contributed by atoms with Gasteiger partial charge in [-0.1, -0.05) is 0 Å². The summed E-state index contributed by atoms with van der Waals surface area (Å²) >= 11 is 11.5. The van der Waals surface area contributed by atoms with Crippen LogP contribution < -0.4 is 0 Å². The summed E-state index contributed by atoms with van der Waals surface area (Å²) < 4.78 is 9.88. The third-order valence-corrected chi connectivity index (χ3v) is 2.10. The number of rotatable bonds is 0. The summed E-state index contributed by atoms with van der Waals surface area (Å²) in [7, 11) is 0. The van der Waals surface area contributed by atoms with Gasteiger partial charge in [0.2, 0.25) is 0 Å². The van der Waals surface area contributed by atoms with Crippen LogP contribution in [0.1, 0.15) is 0 Å². The third kappa shape index (κ3) is 2.30. The second-order valence-corrected chi connectivity index (χ2v) is 3.01. The van der Waals surface area contributed by atoms with Gasteiger partial charge >= 0.3 is 0 Å². The molecule has 0 N–H and O–H groups in total. The molecule has 1 aliphatic rings. The quantitative estimate of drug-likeness (QED) is 0.510. The van der Waals surface area contributed by atoms with Crippen LogP contribution in [0.25, 0.3) is 0 Å². The fourth-order valence-electron chi connectivity index (χ4n) is 0.589. The molecule has 9 heavy (non-hydrogen) atoms. The van der Waals surface area contributed by atoms with E-state index in [1.165, 1.54) is 0 Å². The van der Waals surface area contributed by atoms with Crippen LogP contribution in [-0.2, 0) is 9.47 Å². The van der Waals surface area contributed by atoms with E-state index < -0.39 is 0 Å². The van der Waals surface area contributed by atoms with Gasteiger partial charge in [-0.05, 0) is 0 Å². The SMILES string of the molecule is ClC1COCOCC1Cl. The molecule has 0 aromatic heterocycles. The number of hydrogen-bond acceptors (Lipinski definition) is 2. The van der Waals surface area contributed by atoms with Gasteiger partial charge in [0.25, 0.3) is 0 Å². The topological polar surface area (TPSA) is 18.5 Å². The van der Waals surface area contributed by atoms with E-state index in [0.29, 0.717) is 20.0 Å². The Morgan fingerprint density at radius 1 is 1.00 bits per heavy atom. The molecule has 1 saturated heterocycles. The van der Waals surface area contributed by atoms with E-state index in [4.69, 9.17) is 32.7 Å². The van der Waals surface area contributed by atoms with E-state index in [1.807, 2.05) is 0 Å². The van der Waals surface area contributed by atoms with Gasteiger partial charge in [-0.3, -0.25) is 0 Å². The summed E-state index contributed by atoms with van der Waals surface area (Å²) in [4.78, 5) is 0. The van der Waals surface area contributed by atoms with Crippen molar-refractivity contribution in [3.63, 3.8) is 0 Å². The highest BCUT2D eigenvalue weighted by Crippen LogP contribution is 2.13. The first-order valence-electron chi connectivity index (χ1n) is 2.74. The fourth-order valence-corrected chi connectivity index (χ4v) is 0.913. The average Bonchev–Trinajstić information content (AvgIpc) is 1.99. The standard InChI is InChI=1S/C5H8Cl2O2/c6-4-1-8-3-9-2-5(4)7/h4-5H,1-3H2. The zero-order valence-corrected chi connectivity index (χ0v) is 6.36. The number of alkyl halides is 2. The third-order valence-electron chi connectivity index (χ3n) is 1.11. The van der Waals surface area contributed by atoms with Crippen molar-refractivity contribution in [2.24, 2.45) is 0 Å². The molecule has 0 aliphatic carbocycles. The van der Waals surface area contributed by atoms with E-state index in [-0.39, 0.29) is 10.8 Å². The van der Waals surface area contributed by atoms with E-state index in [1.54, 1.807) is 0 Å². The molecule has 0 aromatic rings. The zero-order chi connectivity index (χ0) is 6.69.